The van der Waals surface area contributed by atoms with Crippen molar-refractivity contribution in [1.29, 1.82) is 0 Å². The molecule has 1 heterocycles. The lowest BCUT2D eigenvalue weighted by Crippen LogP contribution is -2.21. The molecule has 0 aliphatic carbocycles. The third-order valence-corrected chi connectivity index (χ3v) is 3.61. The molecule has 16 heavy (non-hydrogen) atoms. The number of halogens is 1. The van der Waals surface area contributed by atoms with Crippen molar-refractivity contribution in [3.8, 4) is 5.75 Å². The third kappa shape index (κ3) is 3.49. The molecule has 1 unspecified atom stereocenters. The van der Waals surface area contributed by atoms with Crippen LogP contribution in [0.2, 0.25) is 0 Å². The van der Waals surface area contributed by atoms with Gasteiger partial charge in [-0.15, -0.1) is 0 Å². The molecule has 1 aromatic carbocycles. The van der Waals surface area contributed by atoms with E-state index in [1.807, 2.05) is 24.3 Å². The maximum atomic E-state index is 5.72. The van der Waals surface area contributed by atoms with Crippen LogP contribution in [-0.4, -0.2) is 19.2 Å². The topological polar surface area (TPSA) is 21.3 Å². The minimum absolute atomic E-state index is 0.725. The number of benzene rings is 1. The van der Waals surface area contributed by atoms with Gasteiger partial charge in [0.2, 0.25) is 0 Å². The highest BCUT2D eigenvalue weighted by Crippen LogP contribution is 2.24. The van der Waals surface area contributed by atoms with Crippen LogP contribution >= 0.6 is 15.9 Å². The fourth-order valence-electron chi connectivity index (χ4n) is 2.08. The Labute approximate surface area is 106 Å². The zero-order chi connectivity index (χ0) is 11.2. The second kappa shape index (κ2) is 6.26. The van der Waals surface area contributed by atoms with E-state index < -0.39 is 0 Å². The number of ether oxygens (including phenoxy) is 1. The highest BCUT2D eigenvalue weighted by atomic mass is 79.9. The fraction of sp³-hybridized carbons (Fsp3) is 0.538. The van der Waals surface area contributed by atoms with E-state index >= 15 is 0 Å². The van der Waals surface area contributed by atoms with Crippen LogP contribution in [0.1, 0.15) is 25.7 Å². The van der Waals surface area contributed by atoms with Gasteiger partial charge in [0.25, 0.3) is 0 Å². The van der Waals surface area contributed by atoms with E-state index in [-0.39, 0.29) is 0 Å². The molecule has 1 aromatic rings. The fourth-order valence-corrected chi connectivity index (χ4v) is 2.48. The maximum Gasteiger partial charge on any atom is 0.133 e. The maximum absolute atomic E-state index is 5.72. The van der Waals surface area contributed by atoms with Crippen molar-refractivity contribution in [2.24, 2.45) is 0 Å². The molecule has 2 rings (SSSR count). The number of rotatable bonds is 5. The summed E-state index contributed by atoms with van der Waals surface area (Å²) in [6, 6.07) is 8.73. The number of nitrogens with one attached hydrogen (secondary N) is 1. The molecule has 1 aliphatic heterocycles. The molecule has 88 valence electrons. The zero-order valence-corrected chi connectivity index (χ0v) is 11.0. The van der Waals surface area contributed by atoms with E-state index in [4.69, 9.17) is 4.74 Å². The lowest BCUT2D eigenvalue weighted by atomic mass is 10.1. The monoisotopic (exact) mass is 283 g/mol. The summed E-state index contributed by atoms with van der Waals surface area (Å²) in [5, 5.41) is 3.50. The first kappa shape index (κ1) is 11.9. The molecule has 0 spiro atoms. The van der Waals surface area contributed by atoms with Crippen LogP contribution in [-0.2, 0) is 0 Å². The van der Waals surface area contributed by atoms with E-state index in [1.54, 1.807) is 0 Å². The van der Waals surface area contributed by atoms with Crippen molar-refractivity contribution in [3.05, 3.63) is 28.7 Å². The van der Waals surface area contributed by atoms with Crippen LogP contribution in [0.3, 0.4) is 0 Å². The van der Waals surface area contributed by atoms with Crippen LogP contribution < -0.4 is 10.1 Å². The molecule has 2 nitrogen and oxygen atoms in total. The Kier molecular flexibility index (Phi) is 4.67. The smallest absolute Gasteiger partial charge is 0.133 e. The second-order valence-electron chi connectivity index (χ2n) is 4.21. The Morgan fingerprint density at radius 2 is 2.25 bits per heavy atom. The van der Waals surface area contributed by atoms with Gasteiger partial charge in [-0.1, -0.05) is 12.1 Å². The number of hydrogen-bond donors (Lipinski definition) is 1. The van der Waals surface area contributed by atoms with E-state index in [2.05, 4.69) is 21.2 Å². The summed E-state index contributed by atoms with van der Waals surface area (Å²) >= 11 is 3.48. The predicted octanol–water partition coefficient (Wildman–Crippen LogP) is 3.36. The van der Waals surface area contributed by atoms with E-state index in [9.17, 15) is 0 Å². The first-order valence-corrected chi connectivity index (χ1v) is 6.76. The normalized spacial score (nSPS) is 19.9. The lowest BCUT2D eigenvalue weighted by molar-refractivity contribution is 0.297. The van der Waals surface area contributed by atoms with Gasteiger partial charge in [0.1, 0.15) is 5.75 Å². The van der Waals surface area contributed by atoms with E-state index in [0.717, 1.165) is 29.3 Å². The van der Waals surface area contributed by atoms with Crippen LogP contribution in [0.5, 0.6) is 5.75 Å². The van der Waals surface area contributed by atoms with Crippen LogP contribution in [0.4, 0.5) is 0 Å². The molecular weight excluding hydrogens is 266 g/mol. The predicted molar refractivity (Wildman–Crippen MR) is 69.9 cm³/mol. The average Bonchev–Trinajstić information content (AvgIpc) is 2.79. The largest absolute Gasteiger partial charge is 0.492 e. The summed E-state index contributed by atoms with van der Waals surface area (Å²) in [5.41, 5.74) is 0. The quantitative estimate of drug-likeness (QED) is 0.837. The van der Waals surface area contributed by atoms with Crippen molar-refractivity contribution in [2.75, 3.05) is 13.2 Å². The molecule has 1 atom stereocenters. The summed E-state index contributed by atoms with van der Waals surface area (Å²) in [6.07, 6.45) is 5.01. The molecule has 0 amide bonds. The van der Waals surface area contributed by atoms with Gasteiger partial charge in [-0.3, -0.25) is 0 Å². The zero-order valence-electron chi connectivity index (χ0n) is 9.42. The summed E-state index contributed by atoms with van der Waals surface area (Å²) < 4.78 is 6.76. The minimum atomic E-state index is 0.725. The lowest BCUT2D eigenvalue weighted by Gasteiger charge is -2.11. The van der Waals surface area contributed by atoms with Gasteiger partial charge in [0.15, 0.2) is 0 Å². The van der Waals surface area contributed by atoms with Crippen LogP contribution in [0, 0.1) is 0 Å². The molecule has 0 saturated carbocycles. The second-order valence-corrected chi connectivity index (χ2v) is 5.07. The number of hydrogen-bond acceptors (Lipinski definition) is 2. The standard InChI is InChI=1S/C13H18BrNO/c14-12-7-1-2-8-13(12)16-10-4-6-11-5-3-9-15-11/h1-2,7-8,11,15H,3-6,9-10H2. The molecule has 0 radical (unpaired) electrons. The van der Waals surface area contributed by atoms with Gasteiger partial charge in [0, 0.05) is 6.04 Å². The van der Waals surface area contributed by atoms with Gasteiger partial charge in [-0.2, -0.15) is 0 Å². The Morgan fingerprint density at radius 1 is 1.38 bits per heavy atom. The minimum Gasteiger partial charge on any atom is -0.492 e. The van der Waals surface area contributed by atoms with Gasteiger partial charge in [-0.25, -0.2) is 0 Å². The van der Waals surface area contributed by atoms with E-state index in [1.165, 1.54) is 25.8 Å². The van der Waals surface area contributed by atoms with Crippen LogP contribution in [0.15, 0.2) is 28.7 Å². The Hall–Kier alpha value is -0.540. The van der Waals surface area contributed by atoms with Gasteiger partial charge in [0.05, 0.1) is 11.1 Å². The molecule has 0 aromatic heterocycles. The molecular formula is C13H18BrNO. The van der Waals surface area contributed by atoms with Crippen LogP contribution in [0.25, 0.3) is 0 Å². The Balaban J connectivity index is 1.66. The Bertz CT molecular complexity index is 323. The summed E-state index contributed by atoms with van der Waals surface area (Å²) in [6.45, 7) is 2.00. The van der Waals surface area contributed by atoms with Crippen molar-refractivity contribution >= 4 is 15.9 Å². The molecule has 1 saturated heterocycles. The molecule has 3 heteroatoms. The molecule has 1 N–H and O–H groups in total. The highest BCUT2D eigenvalue weighted by Gasteiger charge is 2.12. The van der Waals surface area contributed by atoms with Gasteiger partial charge >= 0.3 is 0 Å². The number of para-hydroxylation sites is 1. The molecule has 0 bridgehead atoms. The highest BCUT2D eigenvalue weighted by molar-refractivity contribution is 9.10. The Morgan fingerprint density at radius 3 is 3.00 bits per heavy atom. The van der Waals surface area contributed by atoms with Crippen molar-refractivity contribution < 1.29 is 4.74 Å². The summed E-state index contributed by atoms with van der Waals surface area (Å²) in [4.78, 5) is 0. The van der Waals surface area contributed by atoms with Crippen molar-refractivity contribution in [1.82, 2.24) is 5.32 Å². The van der Waals surface area contributed by atoms with E-state index in [0.29, 0.717) is 0 Å². The summed E-state index contributed by atoms with van der Waals surface area (Å²) in [5.74, 6) is 0.946. The SMILES string of the molecule is Brc1ccccc1OCCCC1CCCN1. The first-order valence-electron chi connectivity index (χ1n) is 5.97. The average molecular weight is 284 g/mol. The first-order chi connectivity index (χ1) is 7.86. The molecule has 1 aliphatic rings. The van der Waals surface area contributed by atoms with Gasteiger partial charge in [-0.05, 0) is 60.3 Å². The van der Waals surface area contributed by atoms with Gasteiger partial charge < -0.3 is 10.1 Å². The third-order valence-electron chi connectivity index (χ3n) is 2.95. The van der Waals surface area contributed by atoms with Crippen molar-refractivity contribution in [3.63, 3.8) is 0 Å². The summed E-state index contributed by atoms with van der Waals surface area (Å²) in [7, 11) is 0. The molecule has 1 fully saturated rings. The van der Waals surface area contributed by atoms with Crippen molar-refractivity contribution in [2.45, 2.75) is 31.7 Å².